The third-order valence-electron chi connectivity index (χ3n) is 2.28. The van der Waals surface area contributed by atoms with Gasteiger partial charge in [0.15, 0.2) is 6.61 Å². The van der Waals surface area contributed by atoms with Gasteiger partial charge in [-0.1, -0.05) is 0 Å². The Hall–Kier alpha value is -2.54. The average Bonchev–Trinajstić information content (AvgIpc) is 2.44. The van der Waals surface area contributed by atoms with E-state index in [0.29, 0.717) is 5.69 Å². The number of hydrogen-bond donors (Lipinski definition) is 2. The number of aliphatic hydroxyl groups excluding tert-OH is 1. The summed E-state index contributed by atoms with van der Waals surface area (Å²) in [7, 11) is 0. The van der Waals surface area contributed by atoms with Gasteiger partial charge in [-0.25, -0.2) is 14.8 Å². The van der Waals surface area contributed by atoms with Crippen LogP contribution in [-0.2, 0) is 14.3 Å². The number of anilines is 1. The molecule has 0 saturated carbocycles. The number of aromatic nitrogens is 2. The molecular weight excluding hydrogens is 250 g/mol. The molecule has 98 valence electrons. The molecule has 0 bridgehead atoms. The fourth-order valence-electron chi connectivity index (χ4n) is 1.45. The monoisotopic (exact) mass is 261 g/mol. The summed E-state index contributed by atoms with van der Waals surface area (Å²) in [4.78, 5) is 30.1. The van der Waals surface area contributed by atoms with E-state index >= 15 is 0 Å². The van der Waals surface area contributed by atoms with Gasteiger partial charge in [0.2, 0.25) is 0 Å². The van der Waals surface area contributed by atoms with Crippen LogP contribution in [0, 0.1) is 0 Å². The number of carbonyl (C=O) groups excluding carboxylic acids is 2. The van der Waals surface area contributed by atoms with E-state index in [-0.39, 0.29) is 0 Å². The van der Waals surface area contributed by atoms with Gasteiger partial charge < -0.3 is 15.2 Å². The Morgan fingerprint density at radius 1 is 1.37 bits per heavy atom. The molecule has 0 fully saturated rings. The van der Waals surface area contributed by atoms with Crippen LogP contribution in [0.4, 0.5) is 5.69 Å². The normalized spacial score (nSPS) is 10.2. The first-order valence-electron chi connectivity index (χ1n) is 5.45. The molecule has 7 heteroatoms. The van der Waals surface area contributed by atoms with Gasteiger partial charge in [-0.05, 0) is 18.2 Å². The van der Waals surface area contributed by atoms with Gasteiger partial charge in [0, 0.05) is 17.3 Å². The number of aliphatic hydroxyl groups is 1. The van der Waals surface area contributed by atoms with Crippen LogP contribution in [0.25, 0.3) is 10.9 Å². The largest absolute Gasteiger partial charge is 0.454 e. The summed E-state index contributed by atoms with van der Waals surface area (Å²) in [6.07, 6.45) is 3.07. The first kappa shape index (κ1) is 12.9. The highest BCUT2D eigenvalue weighted by Gasteiger charge is 2.07. The van der Waals surface area contributed by atoms with Crippen molar-refractivity contribution in [3.8, 4) is 0 Å². The third-order valence-corrected chi connectivity index (χ3v) is 2.28. The minimum atomic E-state index is -0.845. The molecule has 7 nitrogen and oxygen atoms in total. The van der Waals surface area contributed by atoms with E-state index in [1.165, 1.54) is 6.33 Å². The Bertz CT molecular complexity index is 615. The van der Waals surface area contributed by atoms with Crippen LogP contribution in [0.15, 0.2) is 30.7 Å². The van der Waals surface area contributed by atoms with Crippen molar-refractivity contribution in [2.45, 2.75) is 0 Å². The highest BCUT2D eigenvalue weighted by Crippen LogP contribution is 2.15. The topological polar surface area (TPSA) is 101 Å². The molecule has 0 aliphatic carbocycles. The molecule has 0 unspecified atom stereocenters. The summed E-state index contributed by atoms with van der Waals surface area (Å²) in [5, 5.41) is 11.8. The molecule has 0 saturated heterocycles. The van der Waals surface area contributed by atoms with Crippen molar-refractivity contribution >= 4 is 28.5 Å². The van der Waals surface area contributed by atoms with Crippen molar-refractivity contribution in [1.82, 2.24) is 9.97 Å². The van der Waals surface area contributed by atoms with E-state index < -0.39 is 25.1 Å². The molecule has 2 aromatic rings. The zero-order valence-corrected chi connectivity index (χ0v) is 9.87. The number of rotatable bonds is 4. The Labute approximate surface area is 108 Å². The maximum atomic E-state index is 11.5. The number of fused-ring (bicyclic) bond motifs is 1. The van der Waals surface area contributed by atoms with Gasteiger partial charge in [-0.2, -0.15) is 0 Å². The molecule has 0 radical (unpaired) electrons. The molecule has 2 N–H and O–H groups in total. The number of amides is 1. The zero-order valence-electron chi connectivity index (χ0n) is 9.87. The van der Waals surface area contributed by atoms with Crippen molar-refractivity contribution in [1.29, 1.82) is 0 Å². The fraction of sp³-hybridized carbons (Fsp3) is 0.167. The molecule has 1 heterocycles. The SMILES string of the molecule is O=C(COC(=O)CO)Nc1ccc2ncncc2c1. The van der Waals surface area contributed by atoms with Gasteiger partial charge in [-0.3, -0.25) is 4.79 Å². The lowest BCUT2D eigenvalue weighted by atomic mass is 10.2. The number of carbonyl (C=O) groups is 2. The minimum absolute atomic E-state index is 0.442. The second-order valence-electron chi connectivity index (χ2n) is 3.66. The first-order chi connectivity index (χ1) is 9.19. The second-order valence-corrected chi connectivity index (χ2v) is 3.66. The molecule has 1 amide bonds. The zero-order chi connectivity index (χ0) is 13.7. The maximum absolute atomic E-state index is 11.5. The Morgan fingerprint density at radius 3 is 3.00 bits per heavy atom. The number of ether oxygens (including phenoxy) is 1. The van der Waals surface area contributed by atoms with E-state index in [2.05, 4.69) is 20.0 Å². The van der Waals surface area contributed by atoms with Crippen molar-refractivity contribution in [2.24, 2.45) is 0 Å². The lowest BCUT2D eigenvalue weighted by Crippen LogP contribution is -2.22. The quantitative estimate of drug-likeness (QED) is 0.757. The molecule has 1 aromatic heterocycles. The summed E-state index contributed by atoms with van der Waals surface area (Å²) >= 11 is 0. The van der Waals surface area contributed by atoms with Gasteiger partial charge in [0.1, 0.15) is 12.9 Å². The van der Waals surface area contributed by atoms with E-state index in [0.717, 1.165) is 10.9 Å². The number of esters is 1. The highest BCUT2D eigenvalue weighted by atomic mass is 16.5. The van der Waals surface area contributed by atoms with E-state index in [4.69, 9.17) is 5.11 Å². The van der Waals surface area contributed by atoms with Crippen molar-refractivity contribution in [3.05, 3.63) is 30.7 Å². The highest BCUT2D eigenvalue weighted by molar-refractivity contribution is 5.95. The van der Waals surface area contributed by atoms with E-state index in [1.54, 1.807) is 24.4 Å². The molecule has 0 aliphatic rings. The van der Waals surface area contributed by atoms with E-state index in [9.17, 15) is 9.59 Å². The summed E-state index contributed by atoms with van der Waals surface area (Å²) in [5.74, 6) is -1.33. The van der Waals surface area contributed by atoms with Crippen LogP contribution in [0.2, 0.25) is 0 Å². The van der Waals surface area contributed by atoms with Crippen LogP contribution < -0.4 is 5.32 Å². The Morgan fingerprint density at radius 2 is 2.21 bits per heavy atom. The van der Waals surface area contributed by atoms with E-state index in [1.807, 2.05) is 0 Å². The molecule has 0 spiro atoms. The van der Waals surface area contributed by atoms with Gasteiger partial charge in [0.25, 0.3) is 5.91 Å². The van der Waals surface area contributed by atoms with Gasteiger partial charge in [-0.15, -0.1) is 0 Å². The standard InChI is InChI=1S/C12H11N3O4/c16-5-12(18)19-6-11(17)15-9-1-2-10-8(3-9)4-13-7-14-10/h1-4,7,16H,5-6H2,(H,15,17). The predicted octanol–water partition coefficient (Wildman–Crippen LogP) is 0.104. The molecule has 0 aliphatic heterocycles. The van der Waals surface area contributed by atoms with Crippen LogP contribution in [0.1, 0.15) is 0 Å². The molecule has 0 atom stereocenters. The summed E-state index contributed by atoms with van der Waals surface area (Å²) in [5.41, 5.74) is 1.31. The number of benzene rings is 1. The van der Waals surface area contributed by atoms with Crippen LogP contribution in [0.3, 0.4) is 0 Å². The molecule has 1 aromatic carbocycles. The predicted molar refractivity (Wildman–Crippen MR) is 66.2 cm³/mol. The van der Waals surface area contributed by atoms with Crippen molar-refractivity contribution in [2.75, 3.05) is 18.5 Å². The second kappa shape index (κ2) is 5.87. The first-order valence-corrected chi connectivity index (χ1v) is 5.45. The summed E-state index contributed by atoms with van der Waals surface area (Å²) in [6.45, 7) is -1.19. The molecule has 19 heavy (non-hydrogen) atoms. The summed E-state index contributed by atoms with van der Waals surface area (Å²) in [6, 6.07) is 5.13. The fourth-order valence-corrected chi connectivity index (χ4v) is 1.45. The lowest BCUT2D eigenvalue weighted by molar-refractivity contribution is -0.150. The number of hydrogen-bond acceptors (Lipinski definition) is 6. The smallest absolute Gasteiger partial charge is 0.332 e. The average molecular weight is 261 g/mol. The lowest BCUT2D eigenvalue weighted by Gasteiger charge is -2.06. The van der Waals surface area contributed by atoms with Gasteiger partial charge >= 0.3 is 5.97 Å². The number of nitrogens with one attached hydrogen (secondary N) is 1. The molecular formula is C12H11N3O4. The van der Waals surface area contributed by atoms with Crippen molar-refractivity contribution in [3.63, 3.8) is 0 Å². The third kappa shape index (κ3) is 3.46. The Balaban J connectivity index is 2.01. The van der Waals surface area contributed by atoms with Crippen molar-refractivity contribution < 1.29 is 19.4 Å². The number of nitrogens with zero attached hydrogens (tertiary/aromatic N) is 2. The van der Waals surface area contributed by atoms with Crippen LogP contribution >= 0.6 is 0 Å². The maximum Gasteiger partial charge on any atom is 0.332 e. The van der Waals surface area contributed by atoms with Crippen LogP contribution in [0.5, 0.6) is 0 Å². The Kier molecular flexibility index (Phi) is 3.99. The molecule has 2 rings (SSSR count). The minimum Gasteiger partial charge on any atom is -0.454 e. The van der Waals surface area contributed by atoms with Gasteiger partial charge in [0.05, 0.1) is 5.52 Å². The summed E-state index contributed by atoms with van der Waals surface area (Å²) < 4.78 is 4.49. The van der Waals surface area contributed by atoms with Crippen LogP contribution in [-0.4, -0.2) is 40.2 Å².